The molecule has 172 valence electrons. The lowest BCUT2D eigenvalue weighted by Crippen LogP contribution is -2.28. The molecule has 4 aromatic heterocycles. The van der Waals surface area contributed by atoms with Crippen molar-refractivity contribution in [3.05, 3.63) is 29.5 Å². The molecule has 0 bridgehead atoms. The van der Waals surface area contributed by atoms with Gasteiger partial charge in [0.1, 0.15) is 10.7 Å². The van der Waals surface area contributed by atoms with E-state index in [1.807, 2.05) is 38.1 Å². The van der Waals surface area contributed by atoms with E-state index in [9.17, 15) is 4.79 Å². The Kier molecular flexibility index (Phi) is 6.45. The first-order valence-corrected chi connectivity index (χ1v) is 11.4. The minimum atomic E-state index is -0.363. The van der Waals surface area contributed by atoms with E-state index in [-0.39, 0.29) is 12.0 Å². The third kappa shape index (κ3) is 5.06. The fourth-order valence-corrected chi connectivity index (χ4v) is 4.21. The third-order valence-corrected chi connectivity index (χ3v) is 5.61. The minimum Gasteiger partial charge on any atom is -0.347 e. The topological polar surface area (TPSA) is 126 Å². The largest absolute Gasteiger partial charge is 0.347 e. The third-order valence-electron chi connectivity index (χ3n) is 4.64. The molecular formula is C21H26N10OS. The maximum atomic E-state index is 12.0. The average molecular weight is 467 g/mol. The first kappa shape index (κ1) is 22.5. The quantitative estimate of drug-likeness (QED) is 0.425. The van der Waals surface area contributed by atoms with E-state index in [1.54, 1.807) is 16.9 Å². The molecule has 12 heteroatoms. The molecule has 4 aromatic rings. The predicted molar refractivity (Wildman–Crippen MR) is 128 cm³/mol. The van der Waals surface area contributed by atoms with Crippen LogP contribution in [0, 0.1) is 5.92 Å². The molecule has 4 rings (SSSR count). The van der Waals surface area contributed by atoms with Gasteiger partial charge in [0, 0.05) is 45.0 Å². The van der Waals surface area contributed by atoms with Gasteiger partial charge in [-0.15, -0.1) is 15.3 Å². The number of hydrogen-bond donors (Lipinski definition) is 2. The lowest BCUT2D eigenvalue weighted by molar-refractivity contribution is 0.252. The average Bonchev–Trinajstić information content (AvgIpc) is 3.39. The van der Waals surface area contributed by atoms with E-state index in [0.717, 1.165) is 33.3 Å². The van der Waals surface area contributed by atoms with Crippen molar-refractivity contribution in [1.29, 1.82) is 0 Å². The van der Waals surface area contributed by atoms with Gasteiger partial charge in [0.05, 0.1) is 0 Å². The number of anilines is 2. The van der Waals surface area contributed by atoms with E-state index < -0.39 is 0 Å². The SMILES string of the molecule is CCNC(=O)Nc1nc2cc(-c3cnc(N(C)C)nc3)cc(-c3nnc(CC(C)C)s3)n2n1. The van der Waals surface area contributed by atoms with Crippen LogP contribution in [0.25, 0.3) is 27.5 Å². The van der Waals surface area contributed by atoms with Crippen LogP contribution in [0.3, 0.4) is 0 Å². The number of nitrogens with one attached hydrogen (secondary N) is 2. The van der Waals surface area contributed by atoms with Gasteiger partial charge in [0.15, 0.2) is 10.7 Å². The summed E-state index contributed by atoms with van der Waals surface area (Å²) in [6.45, 7) is 6.64. The molecule has 33 heavy (non-hydrogen) atoms. The van der Waals surface area contributed by atoms with Crippen molar-refractivity contribution in [1.82, 2.24) is 40.1 Å². The molecule has 4 heterocycles. The standard InChI is InChI=1S/C21H26N10OS/c1-6-22-21(32)26-19-25-16-9-13(14-10-23-20(24-11-14)30(4)5)8-15(31(16)29-19)18-28-27-17(33-18)7-12(2)3/h8-12H,6-7H2,1-5H3,(H2,22,26,29,32). The Labute approximate surface area is 195 Å². The van der Waals surface area contributed by atoms with Crippen molar-refractivity contribution in [3.63, 3.8) is 0 Å². The lowest BCUT2D eigenvalue weighted by atomic mass is 10.1. The molecule has 2 amide bonds. The number of urea groups is 1. The molecule has 0 unspecified atom stereocenters. The Bertz CT molecular complexity index is 1260. The summed E-state index contributed by atoms with van der Waals surface area (Å²) in [5.74, 6) is 1.30. The summed E-state index contributed by atoms with van der Waals surface area (Å²) in [4.78, 5) is 27.2. The highest BCUT2D eigenvalue weighted by atomic mass is 32.1. The van der Waals surface area contributed by atoms with Gasteiger partial charge in [0.25, 0.3) is 5.95 Å². The number of rotatable bonds is 7. The first-order chi connectivity index (χ1) is 15.8. The Morgan fingerprint density at radius 3 is 2.58 bits per heavy atom. The fraction of sp³-hybridized carbons (Fsp3) is 0.381. The lowest BCUT2D eigenvalue weighted by Gasteiger charge is -2.10. The maximum Gasteiger partial charge on any atom is 0.321 e. The van der Waals surface area contributed by atoms with Crippen LogP contribution in [0.2, 0.25) is 0 Å². The molecule has 0 aliphatic heterocycles. The van der Waals surface area contributed by atoms with Crippen molar-refractivity contribution in [3.8, 4) is 21.8 Å². The highest BCUT2D eigenvalue weighted by molar-refractivity contribution is 7.14. The Balaban J connectivity index is 1.80. The van der Waals surface area contributed by atoms with Crippen LogP contribution in [0.5, 0.6) is 0 Å². The molecule has 0 fully saturated rings. The van der Waals surface area contributed by atoms with Gasteiger partial charge >= 0.3 is 6.03 Å². The zero-order chi connectivity index (χ0) is 23.5. The van der Waals surface area contributed by atoms with Crippen molar-refractivity contribution >= 4 is 34.9 Å². The molecule has 2 N–H and O–H groups in total. The summed E-state index contributed by atoms with van der Waals surface area (Å²) >= 11 is 1.52. The van der Waals surface area contributed by atoms with Crippen LogP contribution < -0.4 is 15.5 Å². The molecule has 0 aromatic carbocycles. The summed E-state index contributed by atoms with van der Waals surface area (Å²) < 4.78 is 1.67. The molecule has 0 aliphatic rings. The second kappa shape index (κ2) is 9.45. The number of carbonyl (C=O) groups excluding carboxylic acids is 1. The number of nitrogens with zero attached hydrogens (tertiary/aromatic N) is 8. The molecule has 0 radical (unpaired) electrons. The molecule has 0 saturated heterocycles. The van der Waals surface area contributed by atoms with Crippen molar-refractivity contribution in [2.75, 3.05) is 30.9 Å². The highest BCUT2D eigenvalue weighted by Crippen LogP contribution is 2.30. The molecule has 0 aliphatic carbocycles. The van der Waals surface area contributed by atoms with Gasteiger partial charge in [-0.2, -0.15) is 4.98 Å². The van der Waals surface area contributed by atoms with Crippen LogP contribution in [0.1, 0.15) is 25.8 Å². The summed E-state index contributed by atoms with van der Waals surface area (Å²) in [5, 5.41) is 20.3. The summed E-state index contributed by atoms with van der Waals surface area (Å²) in [7, 11) is 3.78. The van der Waals surface area contributed by atoms with Crippen LogP contribution in [-0.4, -0.2) is 61.4 Å². The second-order valence-corrected chi connectivity index (χ2v) is 9.15. The summed E-state index contributed by atoms with van der Waals surface area (Å²) in [6.07, 6.45) is 4.39. The van der Waals surface area contributed by atoms with Crippen molar-refractivity contribution < 1.29 is 4.79 Å². The van der Waals surface area contributed by atoms with E-state index in [0.29, 0.717) is 24.1 Å². The molecule has 0 spiro atoms. The van der Waals surface area contributed by atoms with Crippen molar-refractivity contribution in [2.45, 2.75) is 27.2 Å². The molecule has 0 atom stereocenters. The van der Waals surface area contributed by atoms with Crippen LogP contribution >= 0.6 is 11.3 Å². The Morgan fingerprint density at radius 2 is 1.91 bits per heavy atom. The smallest absolute Gasteiger partial charge is 0.321 e. The Hall–Kier alpha value is -3.67. The molecular weight excluding hydrogens is 440 g/mol. The zero-order valence-corrected chi connectivity index (χ0v) is 20.0. The van der Waals surface area contributed by atoms with E-state index in [1.165, 1.54) is 11.3 Å². The monoisotopic (exact) mass is 466 g/mol. The number of aromatic nitrogens is 7. The first-order valence-electron chi connectivity index (χ1n) is 10.6. The summed E-state index contributed by atoms with van der Waals surface area (Å²) in [6, 6.07) is 3.48. The number of fused-ring (bicyclic) bond motifs is 1. The van der Waals surface area contributed by atoms with Crippen LogP contribution in [0.4, 0.5) is 16.7 Å². The van der Waals surface area contributed by atoms with E-state index >= 15 is 0 Å². The Morgan fingerprint density at radius 1 is 1.15 bits per heavy atom. The molecule has 11 nitrogen and oxygen atoms in total. The van der Waals surface area contributed by atoms with E-state index in [4.69, 9.17) is 0 Å². The van der Waals surface area contributed by atoms with Gasteiger partial charge < -0.3 is 10.2 Å². The number of carbonyl (C=O) groups is 1. The maximum absolute atomic E-state index is 12.0. The zero-order valence-electron chi connectivity index (χ0n) is 19.2. The highest BCUT2D eigenvalue weighted by Gasteiger charge is 2.17. The van der Waals surface area contributed by atoms with Gasteiger partial charge in [-0.1, -0.05) is 25.2 Å². The van der Waals surface area contributed by atoms with Gasteiger partial charge in [-0.05, 0) is 30.5 Å². The number of pyridine rings is 1. The van der Waals surface area contributed by atoms with Gasteiger partial charge in [-0.3, -0.25) is 5.32 Å². The number of hydrogen-bond acceptors (Lipinski definition) is 9. The van der Waals surface area contributed by atoms with Crippen LogP contribution in [-0.2, 0) is 6.42 Å². The summed E-state index contributed by atoms with van der Waals surface area (Å²) in [5.41, 5.74) is 2.98. The molecule has 0 saturated carbocycles. The second-order valence-electron chi connectivity index (χ2n) is 8.08. The normalized spacial score (nSPS) is 11.2. The van der Waals surface area contributed by atoms with Gasteiger partial charge in [0.2, 0.25) is 5.95 Å². The number of amides is 2. The van der Waals surface area contributed by atoms with E-state index in [2.05, 4.69) is 54.7 Å². The van der Waals surface area contributed by atoms with Crippen molar-refractivity contribution in [2.24, 2.45) is 5.92 Å². The van der Waals surface area contributed by atoms with Gasteiger partial charge in [-0.25, -0.2) is 19.3 Å². The fourth-order valence-electron chi connectivity index (χ4n) is 3.15. The predicted octanol–water partition coefficient (Wildman–Crippen LogP) is 3.11. The minimum absolute atomic E-state index is 0.200. The van der Waals surface area contributed by atoms with Crippen LogP contribution in [0.15, 0.2) is 24.5 Å².